The third-order valence-electron chi connectivity index (χ3n) is 11.2. The summed E-state index contributed by atoms with van der Waals surface area (Å²) in [7, 11) is -4.17. The average Bonchev–Trinajstić information content (AvgIpc) is 2.92. The molecule has 0 unspecified atom stereocenters. The van der Waals surface area contributed by atoms with Crippen LogP contribution in [0.1, 0.15) is 236 Å². The second kappa shape index (κ2) is 24.1. The van der Waals surface area contributed by atoms with Crippen LogP contribution in [-0.4, -0.2) is 19.6 Å². The molecule has 0 saturated carbocycles. The third kappa shape index (κ3) is 21.5. The van der Waals surface area contributed by atoms with Crippen molar-refractivity contribution in [2.24, 2.45) is 10.8 Å². The molecule has 0 atom stereocenters. The molecule has 0 radical (unpaired) electrons. The fraction of sp³-hybridized carbons (Fsp3) is 1.00. The van der Waals surface area contributed by atoms with Gasteiger partial charge in [0.25, 0.3) is 0 Å². The summed E-state index contributed by atoms with van der Waals surface area (Å²) in [5.74, 6) is 0. The standard InChI is InChI=1S/C40H82O4S/c1-11-13-15-17-19-21-23-25-27-29-31-33-35-37(3,4)39(7,8)43-45(41,42)44-40(9,10)38(5,6)36-34-32-30-28-26-24-22-20-18-16-14-12-2/h11-36H2,1-10H3. The SMILES string of the molecule is CCCCCCCCCCCCCCC(C)(C)C(C)(C)OS(=O)(=O)OC(C)(C)C(C)(C)CCCCCCCCCCCCCC. The van der Waals surface area contributed by atoms with Crippen LogP contribution >= 0.6 is 0 Å². The quantitative estimate of drug-likeness (QED) is 0.0675. The summed E-state index contributed by atoms with van der Waals surface area (Å²) in [5.41, 5.74) is -2.31. The van der Waals surface area contributed by atoms with Gasteiger partial charge >= 0.3 is 10.4 Å². The first-order chi connectivity index (χ1) is 21.0. The van der Waals surface area contributed by atoms with Gasteiger partial charge in [-0.05, 0) is 51.4 Å². The molecule has 45 heavy (non-hydrogen) atoms. The van der Waals surface area contributed by atoms with Gasteiger partial charge in [-0.3, -0.25) is 0 Å². The van der Waals surface area contributed by atoms with Crippen LogP contribution in [0.3, 0.4) is 0 Å². The Morgan fingerprint density at radius 3 is 0.778 bits per heavy atom. The molecule has 4 nitrogen and oxygen atoms in total. The molecule has 5 heteroatoms. The number of rotatable bonds is 32. The molecule has 0 amide bonds. The van der Waals surface area contributed by atoms with E-state index in [0.29, 0.717) is 0 Å². The third-order valence-corrected chi connectivity index (χ3v) is 12.4. The second-order valence-electron chi connectivity index (χ2n) is 16.6. The molecule has 0 aromatic carbocycles. The maximum absolute atomic E-state index is 13.3. The molecule has 0 heterocycles. The van der Waals surface area contributed by atoms with Crippen molar-refractivity contribution in [3.63, 3.8) is 0 Å². The molecule has 0 saturated heterocycles. The lowest BCUT2D eigenvalue weighted by atomic mass is 9.73. The van der Waals surface area contributed by atoms with Gasteiger partial charge in [0.15, 0.2) is 0 Å². The smallest absolute Gasteiger partial charge is 0.242 e. The Bertz CT molecular complexity index is 737. The van der Waals surface area contributed by atoms with Crippen molar-refractivity contribution in [1.82, 2.24) is 0 Å². The fourth-order valence-electron chi connectivity index (χ4n) is 6.17. The van der Waals surface area contributed by atoms with Gasteiger partial charge in [0.05, 0.1) is 11.2 Å². The molecule has 0 rings (SSSR count). The first-order valence-electron chi connectivity index (χ1n) is 19.7. The summed E-state index contributed by atoms with van der Waals surface area (Å²) in [5, 5.41) is 0. The fourth-order valence-corrected chi connectivity index (χ4v) is 7.68. The molecular formula is C40H82O4S. The Balaban J connectivity index is 4.42. The molecule has 272 valence electrons. The van der Waals surface area contributed by atoms with Crippen molar-refractivity contribution in [2.45, 2.75) is 247 Å². The van der Waals surface area contributed by atoms with Crippen molar-refractivity contribution in [3.8, 4) is 0 Å². The lowest BCUT2D eigenvalue weighted by molar-refractivity contribution is -0.0619. The van der Waals surface area contributed by atoms with Crippen LogP contribution in [-0.2, 0) is 18.8 Å². The van der Waals surface area contributed by atoms with Crippen molar-refractivity contribution in [1.29, 1.82) is 0 Å². The second-order valence-corrected chi connectivity index (χ2v) is 17.8. The van der Waals surface area contributed by atoms with Crippen molar-refractivity contribution in [3.05, 3.63) is 0 Å². The summed E-state index contributed by atoms with van der Waals surface area (Å²) in [6.45, 7) is 20.7. The van der Waals surface area contributed by atoms with E-state index in [1.54, 1.807) is 0 Å². The monoisotopic (exact) mass is 659 g/mol. The summed E-state index contributed by atoms with van der Waals surface area (Å²) in [6, 6.07) is 0. The maximum Gasteiger partial charge on any atom is 0.400 e. The molecule has 0 aliphatic heterocycles. The highest BCUT2D eigenvalue weighted by atomic mass is 32.3. The van der Waals surface area contributed by atoms with Crippen LogP contribution in [0.4, 0.5) is 0 Å². The highest BCUT2D eigenvalue weighted by Crippen LogP contribution is 2.43. The number of hydrogen-bond donors (Lipinski definition) is 0. The van der Waals surface area contributed by atoms with E-state index in [2.05, 4.69) is 41.5 Å². The highest BCUT2D eigenvalue weighted by Gasteiger charge is 2.46. The van der Waals surface area contributed by atoms with Crippen molar-refractivity contribution >= 4 is 10.4 Å². The predicted octanol–water partition coefficient (Wildman–Crippen LogP) is 14.1. The Hall–Kier alpha value is -0.130. The first kappa shape index (κ1) is 44.9. The molecule has 0 aromatic heterocycles. The van der Waals surface area contributed by atoms with E-state index >= 15 is 0 Å². The lowest BCUT2D eigenvalue weighted by Crippen LogP contribution is -2.48. The van der Waals surface area contributed by atoms with Gasteiger partial charge in [0.2, 0.25) is 0 Å². The first-order valence-corrected chi connectivity index (χ1v) is 21.0. The van der Waals surface area contributed by atoms with E-state index in [1.165, 1.54) is 141 Å². The van der Waals surface area contributed by atoms with E-state index in [4.69, 9.17) is 8.37 Å². The van der Waals surface area contributed by atoms with E-state index in [-0.39, 0.29) is 10.8 Å². The van der Waals surface area contributed by atoms with E-state index in [0.717, 1.165) is 25.7 Å². The number of unbranched alkanes of at least 4 members (excludes halogenated alkanes) is 22. The summed E-state index contributed by atoms with van der Waals surface area (Å²) in [6.07, 6.45) is 33.5. The van der Waals surface area contributed by atoms with Crippen LogP contribution in [0.15, 0.2) is 0 Å². The molecule has 0 aliphatic rings. The van der Waals surface area contributed by atoms with Gasteiger partial charge < -0.3 is 0 Å². The zero-order valence-electron chi connectivity index (χ0n) is 32.4. The van der Waals surface area contributed by atoms with Gasteiger partial charge in [-0.1, -0.05) is 196 Å². The van der Waals surface area contributed by atoms with Crippen LogP contribution in [0.2, 0.25) is 0 Å². The van der Waals surface area contributed by atoms with Gasteiger partial charge in [-0.2, -0.15) is 8.42 Å². The van der Waals surface area contributed by atoms with E-state index in [9.17, 15) is 8.42 Å². The molecule has 0 bridgehead atoms. The minimum Gasteiger partial charge on any atom is -0.242 e. The Kier molecular flexibility index (Phi) is 24.0. The largest absolute Gasteiger partial charge is 0.400 e. The highest BCUT2D eigenvalue weighted by molar-refractivity contribution is 7.81. The predicted molar refractivity (Wildman–Crippen MR) is 198 cm³/mol. The van der Waals surface area contributed by atoms with Crippen LogP contribution in [0.25, 0.3) is 0 Å². The molecule has 0 aliphatic carbocycles. The van der Waals surface area contributed by atoms with Crippen LogP contribution in [0.5, 0.6) is 0 Å². The van der Waals surface area contributed by atoms with E-state index < -0.39 is 21.6 Å². The Morgan fingerprint density at radius 1 is 0.356 bits per heavy atom. The van der Waals surface area contributed by atoms with Crippen molar-refractivity contribution in [2.75, 3.05) is 0 Å². The van der Waals surface area contributed by atoms with Crippen molar-refractivity contribution < 1.29 is 16.8 Å². The van der Waals surface area contributed by atoms with Crippen LogP contribution < -0.4 is 0 Å². The molecule has 0 N–H and O–H groups in total. The van der Waals surface area contributed by atoms with Gasteiger partial charge in [-0.15, -0.1) is 0 Å². The molecule has 0 spiro atoms. The molecule has 0 aromatic rings. The summed E-state index contributed by atoms with van der Waals surface area (Å²) in [4.78, 5) is 0. The Morgan fingerprint density at radius 2 is 0.556 bits per heavy atom. The zero-order valence-corrected chi connectivity index (χ0v) is 33.2. The maximum atomic E-state index is 13.3. The van der Waals surface area contributed by atoms with E-state index in [1.807, 2.05) is 27.7 Å². The average molecular weight is 659 g/mol. The normalized spacial score (nSPS) is 13.6. The van der Waals surface area contributed by atoms with Gasteiger partial charge in [-0.25, -0.2) is 8.37 Å². The number of hydrogen-bond acceptors (Lipinski definition) is 4. The lowest BCUT2D eigenvalue weighted by Gasteiger charge is -2.43. The minimum atomic E-state index is -4.17. The minimum absolute atomic E-state index is 0.295. The summed E-state index contributed by atoms with van der Waals surface area (Å²) < 4.78 is 38.2. The zero-order chi connectivity index (χ0) is 34.3. The molecule has 0 fully saturated rings. The summed E-state index contributed by atoms with van der Waals surface area (Å²) >= 11 is 0. The van der Waals surface area contributed by atoms with Gasteiger partial charge in [0.1, 0.15) is 0 Å². The van der Waals surface area contributed by atoms with Gasteiger partial charge in [0, 0.05) is 0 Å². The topological polar surface area (TPSA) is 52.6 Å². The Labute approximate surface area is 284 Å². The van der Waals surface area contributed by atoms with Crippen LogP contribution in [0, 0.1) is 10.8 Å². The molecular weight excluding hydrogens is 577 g/mol.